The number of hydrogen-bond donors (Lipinski definition) is 2. The number of ether oxygens (including phenoxy) is 1. The van der Waals surface area contributed by atoms with E-state index in [1.807, 2.05) is 6.07 Å². The van der Waals surface area contributed by atoms with Gasteiger partial charge in [-0.25, -0.2) is 0 Å². The van der Waals surface area contributed by atoms with Gasteiger partial charge in [0.15, 0.2) is 0 Å². The van der Waals surface area contributed by atoms with Crippen molar-refractivity contribution >= 4 is 24.8 Å². The molecule has 2 unspecified atom stereocenters. The molecule has 23 heavy (non-hydrogen) atoms. The molecule has 2 aliphatic rings. The predicted molar refractivity (Wildman–Crippen MR) is 98.1 cm³/mol. The standard InChI is InChI=1S/C17H26N2O2.2ClH/c1-2-14-5-3-4-6-16(14)21-8-7-19-10-15-9-18-11-17(15,12-19)13-20;;/h3-6,15,18,20H,2,7-13H2,1H3;2*1H. The van der Waals surface area contributed by atoms with E-state index in [-0.39, 0.29) is 30.2 Å². The van der Waals surface area contributed by atoms with Gasteiger partial charge in [0.1, 0.15) is 12.4 Å². The van der Waals surface area contributed by atoms with Gasteiger partial charge >= 0.3 is 0 Å². The largest absolute Gasteiger partial charge is 0.492 e. The van der Waals surface area contributed by atoms with Crippen molar-refractivity contribution in [1.82, 2.24) is 10.2 Å². The second-order valence-electron chi connectivity index (χ2n) is 6.39. The van der Waals surface area contributed by atoms with Crippen LogP contribution in [0.2, 0.25) is 0 Å². The lowest BCUT2D eigenvalue weighted by molar-refractivity contribution is 0.122. The van der Waals surface area contributed by atoms with Crippen LogP contribution in [0.25, 0.3) is 0 Å². The molecule has 0 spiro atoms. The van der Waals surface area contributed by atoms with Gasteiger partial charge in [-0.05, 0) is 30.5 Å². The average Bonchev–Trinajstić information content (AvgIpc) is 3.05. The smallest absolute Gasteiger partial charge is 0.122 e. The molecular formula is C17H28Cl2N2O2. The van der Waals surface area contributed by atoms with Crippen LogP contribution in [0.1, 0.15) is 12.5 Å². The number of aryl methyl sites for hydroxylation is 1. The summed E-state index contributed by atoms with van der Waals surface area (Å²) in [4.78, 5) is 2.44. The monoisotopic (exact) mass is 362 g/mol. The Balaban J connectivity index is 0.00000132. The molecule has 2 fully saturated rings. The molecule has 3 rings (SSSR count). The van der Waals surface area contributed by atoms with Crippen LogP contribution >= 0.6 is 24.8 Å². The van der Waals surface area contributed by atoms with Gasteiger partial charge < -0.3 is 15.2 Å². The molecular weight excluding hydrogens is 335 g/mol. The number of nitrogens with one attached hydrogen (secondary N) is 1. The highest BCUT2D eigenvalue weighted by molar-refractivity contribution is 5.85. The molecule has 2 atom stereocenters. The third kappa shape index (κ3) is 4.31. The molecule has 2 N–H and O–H groups in total. The van der Waals surface area contributed by atoms with Crippen molar-refractivity contribution in [3.8, 4) is 5.75 Å². The summed E-state index contributed by atoms with van der Waals surface area (Å²) < 4.78 is 5.96. The molecule has 6 heteroatoms. The van der Waals surface area contributed by atoms with Crippen molar-refractivity contribution < 1.29 is 9.84 Å². The second-order valence-corrected chi connectivity index (χ2v) is 6.39. The SMILES string of the molecule is CCc1ccccc1OCCN1CC2CNCC2(CO)C1.Cl.Cl. The van der Waals surface area contributed by atoms with Crippen molar-refractivity contribution in [3.63, 3.8) is 0 Å². The van der Waals surface area contributed by atoms with E-state index in [9.17, 15) is 5.11 Å². The van der Waals surface area contributed by atoms with Gasteiger partial charge in [-0.3, -0.25) is 4.90 Å². The molecule has 0 saturated carbocycles. The van der Waals surface area contributed by atoms with Crippen LogP contribution in [0.4, 0.5) is 0 Å². The summed E-state index contributed by atoms with van der Waals surface area (Å²) in [5, 5.41) is 13.1. The number of benzene rings is 1. The summed E-state index contributed by atoms with van der Waals surface area (Å²) >= 11 is 0. The number of para-hydroxylation sites is 1. The molecule has 0 radical (unpaired) electrons. The number of hydrogen-bond acceptors (Lipinski definition) is 4. The fourth-order valence-corrected chi connectivity index (χ4v) is 3.75. The van der Waals surface area contributed by atoms with Gasteiger partial charge in [0.25, 0.3) is 0 Å². The number of rotatable bonds is 6. The van der Waals surface area contributed by atoms with Gasteiger partial charge in [0.05, 0.1) is 6.61 Å². The Bertz CT molecular complexity index is 489. The van der Waals surface area contributed by atoms with Crippen LogP contribution in [0.3, 0.4) is 0 Å². The molecule has 0 amide bonds. The Kier molecular flexibility index (Phi) is 8.11. The summed E-state index contributed by atoms with van der Waals surface area (Å²) in [5.41, 5.74) is 1.35. The highest BCUT2D eigenvalue weighted by Gasteiger charge is 2.48. The van der Waals surface area contributed by atoms with E-state index in [4.69, 9.17) is 4.74 Å². The lowest BCUT2D eigenvalue weighted by Gasteiger charge is -2.25. The second kappa shape index (κ2) is 9.09. The molecule has 0 aliphatic carbocycles. The number of aliphatic hydroxyl groups is 1. The van der Waals surface area contributed by atoms with Crippen molar-refractivity contribution in [2.75, 3.05) is 45.9 Å². The number of aliphatic hydroxyl groups excluding tert-OH is 1. The van der Waals surface area contributed by atoms with Crippen LogP contribution in [0.5, 0.6) is 5.75 Å². The number of halogens is 2. The molecule has 0 bridgehead atoms. The molecule has 1 aromatic rings. The zero-order chi connectivity index (χ0) is 14.7. The van der Waals surface area contributed by atoms with E-state index in [1.54, 1.807) is 0 Å². The van der Waals surface area contributed by atoms with Gasteiger partial charge in [-0.15, -0.1) is 24.8 Å². The maximum atomic E-state index is 9.72. The minimum Gasteiger partial charge on any atom is -0.492 e. The van der Waals surface area contributed by atoms with Crippen LogP contribution < -0.4 is 10.1 Å². The summed E-state index contributed by atoms with van der Waals surface area (Å²) in [7, 11) is 0. The lowest BCUT2D eigenvalue weighted by atomic mass is 9.82. The summed E-state index contributed by atoms with van der Waals surface area (Å²) in [5.74, 6) is 1.60. The first kappa shape index (κ1) is 20.5. The fraction of sp³-hybridized carbons (Fsp3) is 0.647. The molecule has 132 valence electrons. The van der Waals surface area contributed by atoms with Crippen LogP contribution in [-0.2, 0) is 6.42 Å². The van der Waals surface area contributed by atoms with Crippen LogP contribution in [0.15, 0.2) is 24.3 Å². The van der Waals surface area contributed by atoms with Crippen molar-refractivity contribution in [2.45, 2.75) is 13.3 Å². The summed E-state index contributed by atoms with van der Waals surface area (Å²) in [6.07, 6.45) is 1.00. The van der Waals surface area contributed by atoms with Crippen molar-refractivity contribution in [3.05, 3.63) is 29.8 Å². The first-order valence-electron chi connectivity index (χ1n) is 8.02. The van der Waals surface area contributed by atoms with Crippen molar-refractivity contribution in [2.24, 2.45) is 11.3 Å². The number of likely N-dealkylation sites (tertiary alicyclic amines) is 1. The number of fused-ring (bicyclic) bond motifs is 1. The quantitative estimate of drug-likeness (QED) is 0.812. The minimum atomic E-state index is 0. The normalized spacial score (nSPS) is 26.3. The molecule has 0 aromatic heterocycles. The van der Waals surface area contributed by atoms with Crippen LogP contribution in [-0.4, -0.2) is 55.9 Å². The Morgan fingerprint density at radius 2 is 2.13 bits per heavy atom. The first-order chi connectivity index (χ1) is 10.3. The predicted octanol–water partition coefficient (Wildman–Crippen LogP) is 1.99. The van der Waals surface area contributed by atoms with Gasteiger partial charge in [-0.1, -0.05) is 25.1 Å². The molecule has 2 saturated heterocycles. The zero-order valence-electron chi connectivity index (χ0n) is 13.7. The lowest BCUT2D eigenvalue weighted by Crippen LogP contribution is -2.36. The molecule has 1 aromatic carbocycles. The first-order valence-corrected chi connectivity index (χ1v) is 8.02. The van der Waals surface area contributed by atoms with E-state index in [0.29, 0.717) is 12.5 Å². The topological polar surface area (TPSA) is 44.7 Å². The maximum Gasteiger partial charge on any atom is 0.122 e. The van der Waals surface area contributed by atoms with E-state index in [2.05, 4.69) is 35.3 Å². The van der Waals surface area contributed by atoms with E-state index in [0.717, 1.165) is 51.5 Å². The Morgan fingerprint density at radius 1 is 1.35 bits per heavy atom. The van der Waals surface area contributed by atoms with Gasteiger partial charge in [0.2, 0.25) is 0 Å². The highest BCUT2D eigenvalue weighted by Crippen LogP contribution is 2.38. The summed E-state index contributed by atoms with van der Waals surface area (Å²) in [6.45, 7) is 8.16. The maximum absolute atomic E-state index is 9.72. The van der Waals surface area contributed by atoms with Gasteiger partial charge in [0, 0.05) is 31.6 Å². The van der Waals surface area contributed by atoms with Gasteiger partial charge in [-0.2, -0.15) is 0 Å². The third-order valence-corrected chi connectivity index (χ3v) is 5.08. The molecule has 2 aliphatic heterocycles. The highest BCUT2D eigenvalue weighted by atomic mass is 35.5. The zero-order valence-corrected chi connectivity index (χ0v) is 15.3. The van der Waals surface area contributed by atoms with Crippen LogP contribution in [0, 0.1) is 11.3 Å². The Morgan fingerprint density at radius 3 is 2.83 bits per heavy atom. The number of nitrogens with zero attached hydrogens (tertiary/aromatic N) is 1. The summed E-state index contributed by atoms with van der Waals surface area (Å²) in [6, 6.07) is 8.27. The molecule has 2 heterocycles. The fourth-order valence-electron chi connectivity index (χ4n) is 3.75. The van der Waals surface area contributed by atoms with E-state index in [1.165, 1.54) is 5.56 Å². The van der Waals surface area contributed by atoms with E-state index < -0.39 is 0 Å². The van der Waals surface area contributed by atoms with E-state index >= 15 is 0 Å². The average molecular weight is 363 g/mol. The Labute approximate surface area is 151 Å². The minimum absolute atomic E-state index is 0. The van der Waals surface area contributed by atoms with Crippen molar-refractivity contribution in [1.29, 1.82) is 0 Å². The molecule has 4 nitrogen and oxygen atoms in total. The Hall–Kier alpha value is -0.520. The third-order valence-electron chi connectivity index (χ3n) is 5.08.